The highest BCUT2D eigenvalue weighted by molar-refractivity contribution is 7.18. The molecule has 2 aliphatic heterocycles. The molecule has 0 unspecified atom stereocenters. The fourth-order valence-electron chi connectivity index (χ4n) is 5.17. The van der Waals surface area contributed by atoms with E-state index in [0.717, 1.165) is 61.4 Å². The number of likely N-dealkylation sites (tertiary alicyclic amines) is 1. The number of urea groups is 1. The molecule has 2 aliphatic rings. The van der Waals surface area contributed by atoms with Gasteiger partial charge in [-0.3, -0.25) is 4.79 Å². The molecule has 6 nitrogen and oxygen atoms in total. The number of anilines is 2. The second-order valence-electron chi connectivity index (χ2n) is 9.51. The summed E-state index contributed by atoms with van der Waals surface area (Å²) in [4.78, 5) is 34.3. The molecule has 3 heterocycles. The number of thiazole rings is 1. The van der Waals surface area contributed by atoms with Crippen molar-refractivity contribution in [2.45, 2.75) is 31.6 Å². The van der Waals surface area contributed by atoms with Gasteiger partial charge in [0, 0.05) is 36.9 Å². The summed E-state index contributed by atoms with van der Waals surface area (Å²) in [6, 6.07) is 23.9. The number of nitrogens with zero attached hydrogens (tertiary/aromatic N) is 3. The average Bonchev–Trinajstić information content (AvgIpc) is 3.54. The van der Waals surface area contributed by atoms with Crippen molar-refractivity contribution in [2.24, 2.45) is 0 Å². The van der Waals surface area contributed by atoms with Gasteiger partial charge in [-0.2, -0.15) is 0 Å². The summed E-state index contributed by atoms with van der Waals surface area (Å²) in [5.74, 6) is 0.513. The normalized spacial score (nSPS) is 15.8. The van der Waals surface area contributed by atoms with Crippen LogP contribution in [0.3, 0.4) is 0 Å². The Balaban J connectivity index is 1.01. The predicted molar refractivity (Wildman–Crippen MR) is 145 cm³/mol. The number of nitrogens with one attached hydrogen (secondary N) is 1. The third-order valence-electron chi connectivity index (χ3n) is 7.19. The van der Waals surface area contributed by atoms with E-state index in [4.69, 9.17) is 4.98 Å². The molecule has 4 aromatic rings. The van der Waals surface area contributed by atoms with E-state index in [1.54, 1.807) is 11.3 Å². The van der Waals surface area contributed by atoms with Gasteiger partial charge in [0.15, 0.2) is 0 Å². The van der Waals surface area contributed by atoms with E-state index in [0.29, 0.717) is 12.3 Å². The van der Waals surface area contributed by atoms with Crippen LogP contribution in [0.1, 0.15) is 34.9 Å². The van der Waals surface area contributed by atoms with Gasteiger partial charge in [0.25, 0.3) is 0 Å². The molecule has 0 bridgehead atoms. The Bertz CT molecular complexity index is 1370. The molecule has 1 N–H and O–H groups in total. The second kappa shape index (κ2) is 9.74. The van der Waals surface area contributed by atoms with Gasteiger partial charge in [0.2, 0.25) is 5.91 Å². The third kappa shape index (κ3) is 4.58. The summed E-state index contributed by atoms with van der Waals surface area (Å²) in [6.07, 6.45) is 3.11. The van der Waals surface area contributed by atoms with Crippen LogP contribution in [-0.2, 0) is 17.6 Å². The van der Waals surface area contributed by atoms with Crippen LogP contribution >= 0.6 is 11.3 Å². The van der Waals surface area contributed by atoms with E-state index in [9.17, 15) is 9.59 Å². The number of aromatic nitrogens is 1. The molecule has 36 heavy (non-hydrogen) atoms. The van der Waals surface area contributed by atoms with Crippen LogP contribution in [0.25, 0.3) is 10.2 Å². The quantitative estimate of drug-likeness (QED) is 0.386. The van der Waals surface area contributed by atoms with E-state index in [1.165, 1.54) is 15.3 Å². The van der Waals surface area contributed by atoms with Gasteiger partial charge in [0.05, 0.1) is 21.6 Å². The predicted octanol–water partition coefficient (Wildman–Crippen LogP) is 5.84. The first-order valence-corrected chi connectivity index (χ1v) is 13.3. The van der Waals surface area contributed by atoms with Gasteiger partial charge in [-0.15, -0.1) is 11.3 Å². The molecule has 182 valence electrons. The highest BCUT2D eigenvalue weighted by atomic mass is 32.1. The maximum Gasteiger partial charge on any atom is 0.321 e. The zero-order valence-corrected chi connectivity index (χ0v) is 20.8. The van der Waals surface area contributed by atoms with Crippen molar-refractivity contribution >= 4 is 44.9 Å². The largest absolute Gasteiger partial charge is 0.324 e. The van der Waals surface area contributed by atoms with Gasteiger partial charge in [-0.1, -0.05) is 42.5 Å². The van der Waals surface area contributed by atoms with Gasteiger partial charge in [0.1, 0.15) is 0 Å². The van der Waals surface area contributed by atoms with Gasteiger partial charge in [-0.25, -0.2) is 9.78 Å². The molecule has 0 aliphatic carbocycles. The number of amides is 3. The molecule has 3 amide bonds. The molecule has 0 radical (unpaired) electrons. The highest BCUT2D eigenvalue weighted by Crippen LogP contribution is 2.34. The van der Waals surface area contributed by atoms with E-state index < -0.39 is 0 Å². The van der Waals surface area contributed by atoms with Crippen LogP contribution in [0.4, 0.5) is 16.2 Å². The molecule has 1 saturated heterocycles. The van der Waals surface area contributed by atoms with Crippen molar-refractivity contribution < 1.29 is 9.59 Å². The molecule has 0 saturated carbocycles. The second-order valence-corrected chi connectivity index (χ2v) is 10.6. The Kier molecular flexibility index (Phi) is 6.15. The summed E-state index contributed by atoms with van der Waals surface area (Å²) in [7, 11) is 0. The Hall–Kier alpha value is -3.71. The van der Waals surface area contributed by atoms with Crippen LogP contribution in [0.5, 0.6) is 0 Å². The molecule has 3 aromatic carbocycles. The van der Waals surface area contributed by atoms with Gasteiger partial charge in [-0.05, 0) is 60.7 Å². The number of piperidine rings is 1. The molecule has 6 rings (SSSR count). The molecule has 1 fully saturated rings. The first kappa shape index (κ1) is 22.7. The van der Waals surface area contributed by atoms with Crippen molar-refractivity contribution in [3.05, 3.63) is 88.9 Å². The van der Waals surface area contributed by atoms with Crippen molar-refractivity contribution in [2.75, 3.05) is 29.9 Å². The standard InChI is InChI=1S/C29H28N4O2S/c34-27(33-18-15-21-5-1-3-7-25(21)33)19-20-9-11-23(12-10-20)30-29(35)32-16-13-22(14-17-32)28-31-24-6-2-4-8-26(24)36-28/h1-12,22H,13-19H2,(H,30,35). The number of para-hydroxylation sites is 2. The molecule has 0 spiro atoms. The Morgan fingerprint density at radius 1 is 0.917 bits per heavy atom. The summed E-state index contributed by atoms with van der Waals surface area (Å²) >= 11 is 1.77. The maximum absolute atomic E-state index is 12.9. The molecule has 1 aromatic heterocycles. The van der Waals surface area contributed by atoms with E-state index in [1.807, 2.05) is 64.4 Å². The molecule has 7 heteroatoms. The number of hydrogen-bond acceptors (Lipinski definition) is 4. The SMILES string of the molecule is O=C(Nc1ccc(CC(=O)N2CCc3ccccc32)cc1)N1CCC(c2nc3ccccc3s2)CC1. The molecule has 0 atom stereocenters. The zero-order valence-electron chi connectivity index (χ0n) is 20.0. The smallest absolute Gasteiger partial charge is 0.321 e. The lowest BCUT2D eigenvalue weighted by atomic mass is 9.98. The van der Waals surface area contributed by atoms with Crippen molar-refractivity contribution in [3.8, 4) is 0 Å². The summed E-state index contributed by atoms with van der Waals surface area (Å²) in [6.45, 7) is 2.18. The first-order valence-electron chi connectivity index (χ1n) is 12.5. The third-order valence-corrected chi connectivity index (χ3v) is 8.39. The lowest BCUT2D eigenvalue weighted by Crippen LogP contribution is -2.40. The maximum atomic E-state index is 12.9. The number of fused-ring (bicyclic) bond motifs is 2. The zero-order chi connectivity index (χ0) is 24.5. The van der Waals surface area contributed by atoms with Crippen LogP contribution < -0.4 is 10.2 Å². The van der Waals surface area contributed by atoms with E-state index in [-0.39, 0.29) is 11.9 Å². The first-order chi connectivity index (χ1) is 17.6. The average molecular weight is 497 g/mol. The van der Waals surface area contributed by atoms with Gasteiger partial charge >= 0.3 is 6.03 Å². The van der Waals surface area contributed by atoms with Crippen molar-refractivity contribution in [3.63, 3.8) is 0 Å². The molecular weight excluding hydrogens is 468 g/mol. The minimum Gasteiger partial charge on any atom is -0.324 e. The Morgan fingerprint density at radius 2 is 1.67 bits per heavy atom. The van der Waals surface area contributed by atoms with Crippen LogP contribution in [0.2, 0.25) is 0 Å². The molecular formula is C29H28N4O2S. The van der Waals surface area contributed by atoms with Crippen LogP contribution in [-0.4, -0.2) is 41.5 Å². The summed E-state index contributed by atoms with van der Waals surface area (Å²) < 4.78 is 1.23. The topological polar surface area (TPSA) is 65.5 Å². The lowest BCUT2D eigenvalue weighted by Gasteiger charge is -2.31. The van der Waals surface area contributed by atoms with Crippen LogP contribution in [0.15, 0.2) is 72.8 Å². The summed E-state index contributed by atoms with van der Waals surface area (Å²) in [5.41, 5.74) is 5.01. The number of carbonyl (C=O) groups excluding carboxylic acids is 2. The van der Waals surface area contributed by atoms with Crippen molar-refractivity contribution in [1.29, 1.82) is 0 Å². The fourth-order valence-corrected chi connectivity index (χ4v) is 6.31. The Morgan fingerprint density at radius 3 is 2.47 bits per heavy atom. The number of rotatable bonds is 4. The van der Waals surface area contributed by atoms with Crippen molar-refractivity contribution in [1.82, 2.24) is 9.88 Å². The van der Waals surface area contributed by atoms with E-state index in [2.05, 4.69) is 23.5 Å². The summed E-state index contributed by atoms with van der Waals surface area (Å²) in [5, 5.41) is 4.19. The van der Waals surface area contributed by atoms with Gasteiger partial charge < -0.3 is 15.1 Å². The monoisotopic (exact) mass is 496 g/mol. The highest BCUT2D eigenvalue weighted by Gasteiger charge is 2.26. The minimum atomic E-state index is -0.0738. The van der Waals surface area contributed by atoms with Crippen LogP contribution in [0, 0.1) is 0 Å². The Labute approximate surface area is 214 Å². The number of benzene rings is 3. The van der Waals surface area contributed by atoms with E-state index >= 15 is 0 Å². The lowest BCUT2D eigenvalue weighted by molar-refractivity contribution is -0.117. The number of hydrogen-bond donors (Lipinski definition) is 1. The minimum absolute atomic E-state index is 0.0738. The fraction of sp³-hybridized carbons (Fsp3) is 0.276. The number of carbonyl (C=O) groups is 2.